The number of carboxylic acid groups (broad SMARTS) is 1. The van der Waals surface area contributed by atoms with Gasteiger partial charge in [0.2, 0.25) is 5.91 Å². The Labute approximate surface area is 118 Å². The number of rotatable bonds is 5. The minimum absolute atomic E-state index is 0.356. The number of hydrogen-bond acceptors (Lipinski definition) is 3. The Kier molecular flexibility index (Phi) is 4.96. The van der Waals surface area contributed by atoms with Gasteiger partial charge in [0.15, 0.2) is 11.6 Å². The molecule has 0 saturated carbocycles. The van der Waals surface area contributed by atoms with Crippen molar-refractivity contribution in [3.05, 3.63) is 34.9 Å². The zero-order valence-electron chi connectivity index (χ0n) is 11.3. The number of nitrogens with one attached hydrogen (secondary N) is 1. The average Bonchev–Trinajstić information content (AvgIpc) is 2.37. The molecule has 0 aliphatic rings. The standard InChI is InChI=1S/C13H14F2N2O4/c1-5(2)10(11(16)18)17-12(19)6-3-8(14)9(15)4-7(6)13(20)21/h3-5,10H,1-2H3,(H2,16,18)(H,17,19)(H,20,21). The fourth-order valence-electron chi connectivity index (χ4n) is 1.70. The Morgan fingerprint density at radius 3 is 2.00 bits per heavy atom. The van der Waals surface area contributed by atoms with Crippen LogP contribution in [0.3, 0.4) is 0 Å². The Morgan fingerprint density at radius 2 is 1.62 bits per heavy atom. The maximum atomic E-state index is 13.2. The van der Waals surface area contributed by atoms with Crippen molar-refractivity contribution in [3.63, 3.8) is 0 Å². The van der Waals surface area contributed by atoms with E-state index in [0.29, 0.717) is 12.1 Å². The van der Waals surface area contributed by atoms with Gasteiger partial charge in [0.25, 0.3) is 5.91 Å². The highest BCUT2D eigenvalue weighted by Crippen LogP contribution is 2.16. The molecule has 0 aliphatic carbocycles. The van der Waals surface area contributed by atoms with E-state index in [1.807, 2.05) is 0 Å². The van der Waals surface area contributed by atoms with Gasteiger partial charge in [-0.2, -0.15) is 0 Å². The average molecular weight is 300 g/mol. The summed E-state index contributed by atoms with van der Waals surface area (Å²) in [5.74, 6) is -6.56. The van der Waals surface area contributed by atoms with Crippen LogP contribution in [0.5, 0.6) is 0 Å². The molecule has 1 aromatic carbocycles. The summed E-state index contributed by atoms with van der Waals surface area (Å²) in [7, 11) is 0. The van der Waals surface area contributed by atoms with Crippen LogP contribution >= 0.6 is 0 Å². The maximum absolute atomic E-state index is 13.2. The molecule has 2 amide bonds. The third-order valence-electron chi connectivity index (χ3n) is 2.80. The highest BCUT2D eigenvalue weighted by molar-refractivity contribution is 6.06. The van der Waals surface area contributed by atoms with Gasteiger partial charge < -0.3 is 16.2 Å². The first-order chi connectivity index (χ1) is 9.65. The number of aromatic carboxylic acids is 1. The number of carbonyl (C=O) groups is 3. The van der Waals surface area contributed by atoms with E-state index in [-0.39, 0.29) is 5.92 Å². The van der Waals surface area contributed by atoms with Crippen molar-refractivity contribution in [1.82, 2.24) is 5.32 Å². The molecule has 21 heavy (non-hydrogen) atoms. The minimum Gasteiger partial charge on any atom is -0.478 e. The van der Waals surface area contributed by atoms with E-state index in [0.717, 1.165) is 0 Å². The van der Waals surface area contributed by atoms with Crippen LogP contribution in [0.2, 0.25) is 0 Å². The first-order valence-electron chi connectivity index (χ1n) is 5.97. The zero-order chi connectivity index (χ0) is 16.3. The van der Waals surface area contributed by atoms with E-state index >= 15 is 0 Å². The lowest BCUT2D eigenvalue weighted by molar-refractivity contribution is -0.120. The van der Waals surface area contributed by atoms with Crippen LogP contribution in [-0.4, -0.2) is 28.9 Å². The molecule has 0 bridgehead atoms. The van der Waals surface area contributed by atoms with Gasteiger partial charge in [-0.3, -0.25) is 9.59 Å². The smallest absolute Gasteiger partial charge is 0.336 e. The third-order valence-corrected chi connectivity index (χ3v) is 2.80. The summed E-state index contributed by atoms with van der Waals surface area (Å²) in [6.07, 6.45) is 0. The van der Waals surface area contributed by atoms with Crippen LogP contribution in [0.25, 0.3) is 0 Å². The molecule has 114 valence electrons. The number of hydrogen-bond donors (Lipinski definition) is 3. The predicted molar refractivity (Wildman–Crippen MR) is 68.6 cm³/mol. The maximum Gasteiger partial charge on any atom is 0.336 e. The van der Waals surface area contributed by atoms with Gasteiger partial charge in [0, 0.05) is 0 Å². The largest absolute Gasteiger partial charge is 0.478 e. The monoisotopic (exact) mass is 300 g/mol. The third kappa shape index (κ3) is 3.74. The molecule has 4 N–H and O–H groups in total. The summed E-state index contributed by atoms with van der Waals surface area (Å²) >= 11 is 0. The van der Waals surface area contributed by atoms with Crippen molar-refractivity contribution in [2.45, 2.75) is 19.9 Å². The van der Waals surface area contributed by atoms with E-state index in [1.165, 1.54) is 0 Å². The quantitative estimate of drug-likeness (QED) is 0.750. The molecule has 1 atom stereocenters. The van der Waals surface area contributed by atoms with Crippen molar-refractivity contribution in [2.24, 2.45) is 11.7 Å². The van der Waals surface area contributed by atoms with Gasteiger partial charge in [-0.05, 0) is 18.1 Å². The van der Waals surface area contributed by atoms with Crippen LogP contribution in [0.15, 0.2) is 12.1 Å². The van der Waals surface area contributed by atoms with Gasteiger partial charge in [-0.25, -0.2) is 13.6 Å². The molecule has 0 aliphatic heterocycles. The topological polar surface area (TPSA) is 109 Å². The summed E-state index contributed by atoms with van der Waals surface area (Å²) in [5.41, 5.74) is 3.81. The molecule has 0 heterocycles. The van der Waals surface area contributed by atoms with Crippen molar-refractivity contribution < 1.29 is 28.3 Å². The zero-order valence-corrected chi connectivity index (χ0v) is 11.3. The first-order valence-corrected chi connectivity index (χ1v) is 5.97. The van der Waals surface area contributed by atoms with Crippen LogP contribution in [-0.2, 0) is 4.79 Å². The number of carbonyl (C=O) groups excluding carboxylic acids is 2. The van der Waals surface area contributed by atoms with Gasteiger partial charge in [-0.15, -0.1) is 0 Å². The van der Waals surface area contributed by atoms with E-state index in [9.17, 15) is 23.2 Å². The molecule has 0 fully saturated rings. The SMILES string of the molecule is CC(C)C(NC(=O)c1cc(F)c(F)cc1C(=O)O)C(N)=O. The molecule has 6 nitrogen and oxygen atoms in total. The fraction of sp³-hybridized carbons (Fsp3) is 0.308. The van der Waals surface area contributed by atoms with Crippen LogP contribution in [0.4, 0.5) is 8.78 Å². The van der Waals surface area contributed by atoms with E-state index in [4.69, 9.17) is 10.8 Å². The Morgan fingerprint density at radius 1 is 1.14 bits per heavy atom. The summed E-state index contributed by atoms with van der Waals surface area (Å²) in [4.78, 5) is 34.2. The molecule has 1 aromatic rings. The Bertz CT molecular complexity index is 602. The summed E-state index contributed by atoms with van der Waals surface area (Å²) in [6, 6.07) is -0.194. The van der Waals surface area contributed by atoms with Gasteiger partial charge in [0.05, 0.1) is 11.1 Å². The van der Waals surface area contributed by atoms with Crippen molar-refractivity contribution >= 4 is 17.8 Å². The lowest BCUT2D eigenvalue weighted by Gasteiger charge is -2.19. The van der Waals surface area contributed by atoms with Crippen LogP contribution in [0.1, 0.15) is 34.6 Å². The second-order valence-electron chi connectivity index (χ2n) is 4.71. The Balaban J connectivity index is 3.21. The van der Waals surface area contributed by atoms with Crippen molar-refractivity contribution in [1.29, 1.82) is 0 Å². The molecule has 0 spiro atoms. The molecule has 0 aromatic heterocycles. The minimum atomic E-state index is -1.60. The fourth-order valence-corrected chi connectivity index (χ4v) is 1.70. The second-order valence-corrected chi connectivity index (χ2v) is 4.71. The van der Waals surface area contributed by atoms with Crippen molar-refractivity contribution in [3.8, 4) is 0 Å². The second kappa shape index (κ2) is 6.29. The highest BCUT2D eigenvalue weighted by Gasteiger charge is 2.26. The summed E-state index contributed by atoms with van der Waals surface area (Å²) in [6.45, 7) is 3.22. The molecule has 0 radical (unpaired) electrons. The van der Waals surface area contributed by atoms with Gasteiger partial charge in [0.1, 0.15) is 6.04 Å². The molecular weight excluding hydrogens is 286 g/mol. The molecule has 8 heteroatoms. The van der Waals surface area contributed by atoms with Crippen LogP contribution < -0.4 is 11.1 Å². The number of carboxylic acids is 1. The summed E-state index contributed by atoms with van der Waals surface area (Å²) < 4.78 is 26.3. The lowest BCUT2D eigenvalue weighted by atomic mass is 10.0. The predicted octanol–water partition coefficient (Wildman–Crippen LogP) is 0.903. The number of halogens is 2. The lowest BCUT2D eigenvalue weighted by Crippen LogP contribution is -2.48. The normalized spacial score (nSPS) is 12.0. The number of primary amides is 1. The first kappa shape index (κ1) is 16.5. The number of nitrogens with two attached hydrogens (primary N) is 1. The molecule has 1 unspecified atom stereocenters. The van der Waals surface area contributed by atoms with Crippen molar-refractivity contribution in [2.75, 3.05) is 0 Å². The number of benzene rings is 1. The summed E-state index contributed by atoms with van der Waals surface area (Å²) in [5, 5.41) is 11.1. The highest BCUT2D eigenvalue weighted by atomic mass is 19.2. The van der Waals surface area contributed by atoms with Gasteiger partial charge in [-0.1, -0.05) is 13.8 Å². The Hall–Kier alpha value is -2.51. The number of amides is 2. The van der Waals surface area contributed by atoms with Crippen LogP contribution in [0, 0.1) is 17.6 Å². The molecule has 1 rings (SSSR count). The van der Waals surface area contributed by atoms with E-state index in [2.05, 4.69) is 5.32 Å². The van der Waals surface area contributed by atoms with Gasteiger partial charge >= 0.3 is 5.97 Å². The van der Waals surface area contributed by atoms with E-state index in [1.54, 1.807) is 13.8 Å². The molecular formula is C13H14F2N2O4. The molecule has 0 saturated heterocycles. The van der Waals surface area contributed by atoms with E-state index < -0.39 is 46.6 Å².